The van der Waals surface area contributed by atoms with E-state index in [1.54, 1.807) is 44.2 Å². The van der Waals surface area contributed by atoms with Crippen LogP contribution in [0, 0.1) is 19.7 Å². The van der Waals surface area contributed by atoms with Gasteiger partial charge >= 0.3 is 0 Å². The fraction of sp³-hybridized carbons (Fsp3) is 0.333. The van der Waals surface area contributed by atoms with Gasteiger partial charge in [-0.25, -0.2) is 12.8 Å². The summed E-state index contributed by atoms with van der Waals surface area (Å²) in [4.78, 5) is 28.4. The van der Waals surface area contributed by atoms with Gasteiger partial charge < -0.3 is 10.2 Å². The molecule has 3 rings (SSSR count). The molecule has 1 unspecified atom stereocenters. The van der Waals surface area contributed by atoms with Crippen LogP contribution < -0.4 is 9.62 Å². The molecule has 0 aliphatic heterocycles. The lowest BCUT2D eigenvalue weighted by Gasteiger charge is -2.34. The molecule has 7 nitrogen and oxygen atoms in total. The molecule has 3 aromatic carbocycles. The average molecular weight is 554 g/mol. The smallest absolute Gasteiger partial charge is 0.264 e. The number of nitrogens with one attached hydrogen (secondary N) is 1. The number of anilines is 1. The second kappa shape index (κ2) is 12.0. The zero-order valence-corrected chi connectivity index (χ0v) is 24.0. The molecule has 3 aromatic rings. The van der Waals surface area contributed by atoms with Crippen LogP contribution in [0.1, 0.15) is 44.4 Å². The van der Waals surface area contributed by atoms with E-state index >= 15 is 0 Å². The van der Waals surface area contributed by atoms with Crippen LogP contribution in [-0.2, 0) is 26.2 Å². The van der Waals surface area contributed by atoms with Crippen LogP contribution in [0.3, 0.4) is 0 Å². The van der Waals surface area contributed by atoms with Crippen molar-refractivity contribution in [3.63, 3.8) is 0 Å². The first kappa shape index (κ1) is 29.8. The van der Waals surface area contributed by atoms with Crippen LogP contribution in [0.4, 0.5) is 10.1 Å². The molecular formula is C30H36FN3O4S. The third-order valence-electron chi connectivity index (χ3n) is 6.16. The summed E-state index contributed by atoms with van der Waals surface area (Å²) in [5.74, 6) is -1.39. The highest BCUT2D eigenvalue weighted by Gasteiger charge is 2.33. The van der Waals surface area contributed by atoms with Gasteiger partial charge in [-0.15, -0.1) is 0 Å². The van der Waals surface area contributed by atoms with Crippen LogP contribution in [0.25, 0.3) is 0 Å². The summed E-state index contributed by atoms with van der Waals surface area (Å²) in [5, 5.41) is 2.88. The maximum Gasteiger partial charge on any atom is 0.264 e. The van der Waals surface area contributed by atoms with Crippen molar-refractivity contribution >= 4 is 27.5 Å². The van der Waals surface area contributed by atoms with Crippen LogP contribution in [-0.4, -0.2) is 43.3 Å². The number of benzene rings is 3. The van der Waals surface area contributed by atoms with Gasteiger partial charge in [-0.1, -0.05) is 48.0 Å². The van der Waals surface area contributed by atoms with E-state index < -0.39 is 39.9 Å². The number of nitrogens with zero attached hydrogens (tertiary/aromatic N) is 2. The van der Waals surface area contributed by atoms with Gasteiger partial charge in [0.15, 0.2) is 0 Å². The minimum absolute atomic E-state index is 0.00997. The molecule has 1 atom stereocenters. The molecular weight excluding hydrogens is 517 g/mol. The normalized spacial score (nSPS) is 12.5. The molecule has 0 aliphatic carbocycles. The van der Waals surface area contributed by atoms with E-state index in [2.05, 4.69) is 5.32 Å². The Kier molecular flexibility index (Phi) is 9.17. The van der Waals surface area contributed by atoms with E-state index in [1.165, 1.54) is 41.3 Å². The molecule has 39 heavy (non-hydrogen) atoms. The highest BCUT2D eigenvalue weighted by atomic mass is 32.2. The third-order valence-corrected chi connectivity index (χ3v) is 7.94. The number of aryl methyl sites for hydroxylation is 2. The van der Waals surface area contributed by atoms with Crippen molar-refractivity contribution in [2.75, 3.05) is 10.8 Å². The van der Waals surface area contributed by atoms with E-state index in [9.17, 15) is 22.4 Å². The number of carbonyl (C=O) groups excluding carboxylic acids is 2. The van der Waals surface area contributed by atoms with Gasteiger partial charge in [-0.2, -0.15) is 0 Å². The minimum Gasteiger partial charge on any atom is -0.350 e. The molecule has 0 heterocycles. The predicted molar refractivity (Wildman–Crippen MR) is 151 cm³/mol. The maximum absolute atomic E-state index is 13.9. The number of carbonyl (C=O) groups is 2. The molecule has 1 N–H and O–H groups in total. The number of sulfonamides is 1. The monoisotopic (exact) mass is 553 g/mol. The zero-order chi connectivity index (χ0) is 29.0. The van der Waals surface area contributed by atoms with Crippen molar-refractivity contribution in [1.82, 2.24) is 10.2 Å². The van der Waals surface area contributed by atoms with E-state index in [1.807, 2.05) is 33.8 Å². The van der Waals surface area contributed by atoms with Crippen molar-refractivity contribution in [3.8, 4) is 0 Å². The quantitative estimate of drug-likeness (QED) is 0.405. The van der Waals surface area contributed by atoms with Gasteiger partial charge in [0.25, 0.3) is 10.0 Å². The highest BCUT2D eigenvalue weighted by Crippen LogP contribution is 2.28. The molecule has 0 radical (unpaired) electrons. The molecule has 0 saturated carbocycles. The minimum atomic E-state index is -4.14. The Morgan fingerprint density at radius 1 is 0.949 bits per heavy atom. The van der Waals surface area contributed by atoms with Crippen molar-refractivity contribution in [2.24, 2.45) is 0 Å². The first-order valence-corrected chi connectivity index (χ1v) is 14.1. The number of halogens is 1. The summed E-state index contributed by atoms with van der Waals surface area (Å²) in [6.07, 6.45) is 0. The standard InChI is InChI=1S/C30H36FN3O4S/c1-21-12-17-27(22(2)18-21)34(39(37,38)26-10-8-7-9-11-26)20-28(35)33(19-24-13-15-25(31)16-14-24)23(3)29(36)32-30(4,5)6/h7-18,23H,19-20H2,1-6H3,(H,32,36). The fourth-order valence-corrected chi connectivity index (χ4v) is 5.66. The van der Waals surface area contributed by atoms with E-state index in [0.29, 0.717) is 16.8 Å². The van der Waals surface area contributed by atoms with Gasteiger partial charge in [-0.05, 0) is 83.0 Å². The van der Waals surface area contributed by atoms with E-state index in [4.69, 9.17) is 0 Å². The third kappa shape index (κ3) is 7.66. The van der Waals surface area contributed by atoms with Crippen LogP contribution in [0.15, 0.2) is 77.7 Å². The zero-order valence-electron chi connectivity index (χ0n) is 23.2. The first-order chi connectivity index (χ1) is 18.2. The SMILES string of the molecule is Cc1ccc(N(CC(=O)N(Cc2ccc(F)cc2)C(C)C(=O)NC(C)(C)C)S(=O)(=O)c2ccccc2)c(C)c1. The number of rotatable bonds is 9. The van der Waals surface area contributed by atoms with Crippen molar-refractivity contribution < 1.29 is 22.4 Å². The Balaban J connectivity index is 2.05. The van der Waals surface area contributed by atoms with Crippen LogP contribution in [0.5, 0.6) is 0 Å². The summed E-state index contributed by atoms with van der Waals surface area (Å²) >= 11 is 0. The van der Waals surface area contributed by atoms with Crippen molar-refractivity contribution in [1.29, 1.82) is 0 Å². The lowest BCUT2D eigenvalue weighted by Crippen LogP contribution is -2.54. The van der Waals surface area contributed by atoms with Gasteiger partial charge in [0.05, 0.1) is 10.6 Å². The van der Waals surface area contributed by atoms with Gasteiger partial charge in [0.1, 0.15) is 18.4 Å². The molecule has 208 valence electrons. The van der Waals surface area contributed by atoms with Gasteiger partial charge in [-0.3, -0.25) is 13.9 Å². The van der Waals surface area contributed by atoms with Gasteiger partial charge in [0.2, 0.25) is 11.8 Å². The van der Waals surface area contributed by atoms with Crippen LogP contribution in [0.2, 0.25) is 0 Å². The largest absolute Gasteiger partial charge is 0.350 e. The molecule has 0 fully saturated rings. The Labute approximate surface area is 230 Å². The molecule has 0 saturated heterocycles. The van der Waals surface area contributed by atoms with Crippen LogP contribution >= 0.6 is 0 Å². The van der Waals surface area contributed by atoms with E-state index in [-0.39, 0.29) is 17.3 Å². The summed E-state index contributed by atoms with van der Waals surface area (Å²) < 4.78 is 42.3. The molecule has 0 spiro atoms. The molecule has 0 bridgehead atoms. The number of amides is 2. The van der Waals surface area contributed by atoms with E-state index in [0.717, 1.165) is 9.87 Å². The highest BCUT2D eigenvalue weighted by molar-refractivity contribution is 7.92. The Morgan fingerprint density at radius 2 is 1.56 bits per heavy atom. The maximum atomic E-state index is 13.9. The Morgan fingerprint density at radius 3 is 2.13 bits per heavy atom. The number of hydrogen-bond donors (Lipinski definition) is 1. The summed E-state index contributed by atoms with van der Waals surface area (Å²) in [7, 11) is -4.14. The second-order valence-electron chi connectivity index (χ2n) is 10.7. The molecule has 9 heteroatoms. The van der Waals surface area contributed by atoms with Gasteiger partial charge in [0, 0.05) is 12.1 Å². The first-order valence-electron chi connectivity index (χ1n) is 12.7. The topological polar surface area (TPSA) is 86.8 Å². The molecule has 0 aliphatic rings. The fourth-order valence-electron chi connectivity index (χ4n) is 4.16. The second-order valence-corrected chi connectivity index (χ2v) is 12.5. The Bertz CT molecular complexity index is 1420. The van der Waals surface area contributed by atoms with Crippen molar-refractivity contribution in [3.05, 3.63) is 95.3 Å². The molecule has 0 aromatic heterocycles. The lowest BCUT2D eigenvalue weighted by atomic mass is 10.1. The number of hydrogen-bond acceptors (Lipinski definition) is 4. The summed E-state index contributed by atoms with van der Waals surface area (Å²) in [6, 6.07) is 17.9. The lowest BCUT2D eigenvalue weighted by molar-refractivity contribution is -0.140. The predicted octanol–water partition coefficient (Wildman–Crippen LogP) is 4.97. The van der Waals surface area contributed by atoms with Crippen molar-refractivity contribution in [2.45, 2.75) is 64.6 Å². The summed E-state index contributed by atoms with van der Waals surface area (Å²) in [5.41, 5.74) is 2.06. The summed E-state index contributed by atoms with van der Waals surface area (Å²) in [6.45, 7) is 10.2. The molecule has 2 amide bonds. The average Bonchev–Trinajstić information content (AvgIpc) is 2.86. The Hall–Kier alpha value is -3.72.